The largest absolute Gasteiger partial charge is 0.348 e. The fraction of sp³-hybridized carbons (Fsp3) is 0.364. The summed E-state index contributed by atoms with van der Waals surface area (Å²) in [7, 11) is 0. The van der Waals surface area contributed by atoms with Crippen LogP contribution < -0.4 is 11.1 Å². The van der Waals surface area contributed by atoms with Crippen molar-refractivity contribution in [3.8, 4) is 0 Å². The highest BCUT2D eigenvalue weighted by molar-refractivity contribution is 6.35. The number of hydrogen-bond donors (Lipinski definition) is 3. The van der Waals surface area contributed by atoms with Crippen LogP contribution in [0.2, 0.25) is 0 Å². The van der Waals surface area contributed by atoms with E-state index >= 15 is 0 Å². The Labute approximate surface area is 165 Å². The molecule has 0 aliphatic carbocycles. The summed E-state index contributed by atoms with van der Waals surface area (Å²) in [5.74, 6) is -0.664. The molecule has 28 heavy (non-hydrogen) atoms. The van der Waals surface area contributed by atoms with Gasteiger partial charge in [0.1, 0.15) is 5.82 Å². The molecule has 0 fully saturated rings. The van der Waals surface area contributed by atoms with Gasteiger partial charge < -0.3 is 16.0 Å². The van der Waals surface area contributed by atoms with Gasteiger partial charge in [0.2, 0.25) is 0 Å². The first-order chi connectivity index (χ1) is 13.4. The molecule has 2 heterocycles. The van der Waals surface area contributed by atoms with Crippen LogP contribution in [-0.2, 0) is 4.79 Å². The second-order valence-corrected chi connectivity index (χ2v) is 6.58. The number of carbonyl (C=O) groups is 1. The second-order valence-electron chi connectivity index (χ2n) is 6.58. The monoisotopic (exact) mass is 384 g/mol. The number of aryl methyl sites for hydroxylation is 1. The van der Waals surface area contributed by atoms with Gasteiger partial charge in [0.05, 0.1) is 17.6 Å². The lowest BCUT2D eigenvalue weighted by atomic mass is 9.91. The number of hydrogen-bond acceptors (Lipinski definition) is 3. The highest BCUT2D eigenvalue weighted by atomic mass is 19.1. The van der Waals surface area contributed by atoms with Crippen molar-refractivity contribution in [3.63, 3.8) is 0 Å². The number of fused-ring (bicyclic) bond motifs is 1. The third-order valence-corrected chi connectivity index (χ3v) is 5.00. The number of benzene rings is 1. The van der Waals surface area contributed by atoms with Gasteiger partial charge in [0.15, 0.2) is 0 Å². The van der Waals surface area contributed by atoms with Crippen LogP contribution in [0.1, 0.15) is 63.1 Å². The molecule has 0 bridgehead atoms. The quantitative estimate of drug-likeness (QED) is 0.641. The number of nitrogens with two attached hydrogens (primary N) is 1. The predicted molar refractivity (Wildman–Crippen MR) is 114 cm³/mol. The summed E-state index contributed by atoms with van der Waals surface area (Å²) < 4.78 is 14.6. The molecular formula is C22H29FN4O. The lowest BCUT2D eigenvalue weighted by molar-refractivity contribution is -0.110. The van der Waals surface area contributed by atoms with E-state index in [-0.39, 0.29) is 5.91 Å². The summed E-state index contributed by atoms with van der Waals surface area (Å²) in [6.07, 6.45) is 8.23. The molecule has 1 amide bonds. The van der Waals surface area contributed by atoms with Gasteiger partial charge in [-0.15, -0.1) is 0 Å². The average Bonchev–Trinajstić information content (AvgIpc) is 3.26. The Balaban J connectivity index is 0.00000136. The van der Waals surface area contributed by atoms with Crippen LogP contribution in [0.15, 0.2) is 24.5 Å². The summed E-state index contributed by atoms with van der Waals surface area (Å²) in [4.78, 5) is 19.6. The number of rotatable bonds is 5. The first kappa shape index (κ1) is 21.6. The minimum absolute atomic E-state index is 0.271. The van der Waals surface area contributed by atoms with Crippen LogP contribution in [0.3, 0.4) is 0 Å². The van der Waals surface area contributed by atoms with Gasteiger partial charge in [-0.2, -0.15) is 0 Å². The fourth-order valence-electron chi connectivity index (χ4n) is 2.98. The molecule has 6 heteroatoms. The zero-order chi connectivity index (χ0) is 20.9. The SMILES string of the molecule is CC.CCC(N)(C=Cc1c(F)ccc2c1/C(=C/c1nc[nH]c1C)C(=O)N2)CC. The van der Waals surface area contributed by atoms with Crippen LogP contribution in [-0.4, -0.2) is 21.4 Å². The molecule has 4 N–H and O–H groups in total. The molecule has 150 valence electrons. The topological polar surface area (TPSA) is 83.8 Å². The molecule has 1 aliphatic heterocycles. The molecule has 0 spiro atoms. The van der Waals surface area contributed by atoms with Crippen molar-refractivity contribution < 1.29 is 9.18 Å². The van der Waals surface area contributed by atoms with Gasteiger partial charge in [-0.1, -0.05) is 39.8 Å². The Morgan fingerprint density at radius 2 is 1.93 bits per heavy atom. The average molecular weight is 384 g/mol. The van der Waals surface area contributed by atoms with Crippen molar-refractivity contribution in [2.24, 2.45) is 5.73 Å². The first-order valence-corrected chi connectivity index (χ1v) is 9.72. The number of amides is 1. The lowest BCUT2D eigenvalue weighted by Crippen LogP contribution is -2.35. The van der Waals surface area contributed by atoms with E-state index in [1.807, 2.05) is 40.7 Å². The molecule has 1 aliphatic rings. The normalized spacial score (nSPS) is 14.8. The summed E-state index contributed by atoms with van der Waals surface area (Å²) in [6, 6.07) is 2.94. The summed E-state index contributed by atoms with van der Waals surface area (Å²) in [6.45, 7) is 9.86. The van der Waals surface area contributed by atoms with Crippen LogP contribution in [0.4, 0.5) is 10.1 Å². The maximum Gasteiger partial charge on any atom is 0.256 e. The maximum absolute atomic E-state index is 14.6. The smallest absolute Gasteiger partial charge is 0.256 e. The van der Waals surface area contributed by atoms with Crippen molar-refractivity contribution in [1.29, 1.82) is 0 Å². The van der Waals surface area contributed by atoms with E-state index in [1.54, 1.807) is 24.5 Å². The number of carbonyl (C=O) groups excluding carboxylic acids is 1. The van der Waals surface area contributed by atoms with E-state index in [0.717, 1.165) is 18.5 Å². The van der Waals surface area contributed by atoms with Crippen LogP contribution in [0.5, 0.6) is 0 Å². The second kappa shape index (κ2) is 8.97. The molecule has 5 nitrogen and oxygen atoms in total. The van der Waals surface area contributed by atoms with E-state index < -0.39 is 11.4 Å². The van der Waals surface area contributed by atoms with Crippen LogP contribution in [0.25, 0.3) is 17.7 Å². The van der Waals surface area contributed by atoms with Gasteiger partial charge in [-0.05, 0) is 38.0 Å². The summed E-state index contributed by atoms with van der Waals surface area (Å²) in [5, 5.41) is 2.80. The van der Waals surface area contributed by atoms with Gasteiger partial charge in [0.25, 0.3) is 5.91 Å². The summed E-state index contributed by atoms with van der Waals surface area (Å²) >= 11 is 0. The molecular weight excluding hydrogens is 355 g/mol. The molecule has 0 radical (unpaired) electrons. The van der Waals surface area contributed by atoms with E-state index in [0.29, 0.717) is 28.1 Å². The Morgan fingerprint density at radius 1 is 1.25 bits per heavy atom. The van der Waals surface area contributed by atoms with Crippen molar-refractivity contribution >= 4 is 29.3 Å². The molecule has 1 aromatic carbocycles. The van der Waals surface area contributed by atoms with Crippen molar-refractivity contribution in [2.45, 2.75) is 53.0 Å². The number of H-pyrrole nitrogens is 1. The third-order valence-electron chi connectivity index (χ3n) is 5.00. The Bertz CT molecular complexity index is 907. The number of aromatic amines is 1. The molecule has 3 rings (SSSR count). The zero-order valence-corrected chi connectivity index (χ0v) is 17.2. The van der Waals surface area contributed by atoms with Crippen LogP contribution >= 0.6 is 0 Å². The van der Waals surface area contributed by atoms with E-state index in [9.17, 15) is 9.18 Å². The zero-order valence-electron chi connectivity index (χ0n) is 17.2. The standard InChI is InChI=1S/C20H23FN4O.C2H6/c1-4-20(22,5-2)9-8-13-15(21)6-7-16-18(13)14(19(26)25-16)10-17-12(3)23-11-24-17;1-2/h6-11H,4-5,22H2,1-3H3,(H,23,24)(H,25,26);1-2H3/b9-8?,14-10-;. The molecule has 0 atom stereocenters. The number of aromatic nitrogens is 2. The van der Waals surface area contributed by atoms with Crippen LogP contribution in [0, 0.1) is 12.7 Å². The van der Waals surface area contributed by atoms with Gasteiger partial charge in [-0.25, -0.2) is 9.37 Å². The number of nitrogens with zero attached hydrogens (tertiary/aromatic N) is 1. The van der Waals surface area contributed by atoms with Gasteiger partial charge >= 0.3 is 0 Å². The minimum atomic E-state index is -0.506. The van der Waals surface area contributed by atoms with E-state index in [4.69, 9.17) is 5.73 Å². The third kappa shape index (κ3) is 4.22. The van der Waals surface area contributed by atoms with Crippen molar-refractivity contribution in [1.82, 2.24) is 9.97 Å². The minimum Gasteiger partial charge on any atom is -0.348 e. The molecule has 0 saturated carbocycles. The molecule has 1 aromatic heterocycles. The Kier molecular flexibility index (Phi) is 6.91. The number of nitrogens with one attached hydrogen (secondary N) is 2. The highest BCUT2D eigenvalue weighted by Crippen LogP contribution is 2.38. The summed E-state index contributed by atoms with van der Waals surface area (Å²) in [5.41, 5.74) is 9.18. The Hall–Kier alpha value is -2.73. The van der Waals surface area contributed by atoms with Gasteiger partial charge in [0, 0.05) is 28.0 Å². The fourth-order valence-corrected chi connectivity index (χ4v) is 2.98. The van der Waals surface area contributed by atoms with Crippen molar-refractivity contribution in [3.05, 3.63) is 52.9 Å². The number of halogens is 1. The van der Waals surface area contributed by atoms with Gasteiger partial charge in [-0.3, -0.25) is 4.79 Å². The number of anilines is 1. The molecule has 0 unspecified atom stereocenters. The van der Waals surface area contributed by atoms with Crippen molar-refractivity contribution in [2.75, 3.05) is 5.32 Å². The maximum atomic E-state index is 14.6. The molecule has 0 saturated heterocycles. The predicted octanol–water partition coefficient (Wildman–Crippen LogP) is 4.91. The number of imidazole rings is 1. The van der Waals surface area contributed by atoms with E-state index in [2.05, 4.69) is 15.3 Å². The first-order valence-electron chi connectivity index (χ1n) is 9.72. The Morgan fingerprint density at radius 3 is 2.50 bits per heavy atom. The molecule has 2 aromatic rings. The van der Waals surface area contributed by atoms with E-state index in [1.165, 1.54) is 6.07 Å². The highest BCUT2D eigenvalue weighted by Gasteiger charge is 2.29. The lowest BCUT2D eigenvalue weighted by Gasteiger charge is -2.22.